The van der Waals surface area contributed by atoms with Crippen molar-refractivity contribution in [2.75, 3.05) is 40.2 Å². The molecule has 0 aliphatic rings. The van der Waals surface area contributed by atoms with Crippen LogP contribution in [0.1, 0.15) is 11.6 Å². The van der Waals surface area contributed by atoms with Crippen LogP contribution in [0, 0.1) is 0 Å². The molecule has 0 radical (unpaired) electrons. The molecule has 0 aliphatic heterocycles. The van der Waals surface area contributed by atoms with E-state index in [0.29, 0.717) is 18.1 Å². The number of hydrogen-bond acceptors (Lipinski definition) is 5. The van der Waals surface area contributed by atoms with Crippen LogP contribution < -0.4 is 20.1 Å². The maximum absolute atomic E-state index is 12.2. The summed E-state index contributed by atoms with van der Waals surface area (Å²) >= 11 is 0. The smallest absolute Gasteiger partial charge is 0.319 e. The van der Waals surface area contributed by atoms with Gasteiger partial charge < -0.3 is 25.0 Å². The number of benzene rings is 1. The van der Waals surface area contributed by atoms with Crippen molar-refractivity contribution in [2.45, 2.75) is 6.04 Å². The van der Waals surface area contributed by atoms with Gasteiger partial charge in [0.25, 0.3) is 0 Å². The number of nitrogens with one attached hydrogen (secondary N) is 2. The van der Waals surface area contributed by atoms with Gasteiger partial charge in [-0.3, -0.25) is 0 Å². The predicted octanol–water partition coefficient (Wildman–Crippen LogP) is 2.52. The van der Waals surface area contributed by atoms with Crippen molar-refractivity contribution in [1.29, 1.82) is 0 Å². The molecule has 0 spiro atoms. The molecule has 1 unspecified atom stereocenters. The molecule has 1 atom stereocenters. The van der Waals surface area contributed by atoms with Crippen LogP contribution in [0.4, 0.5) is 10.5 Å². The third-order valence-electron chi connectivity index (χ3n) is 3.77. The summed E-state index contributed by atoms with van der Waals surface area (Å²) in [6.07, 6.45) is 1.60. The molecular formula is C18H24N4O3. The highest BCUT2D eigenvalue weighted by Crippen LogP contribution is 2.22. The van der Waals surface area contributed by atoms with Crippen LogP contribution in [-0.2, 0) is 0 Å². The second-order valence-electron chi connectivity index (χ2n) is 5.65. The van der Waals surface area contributed by atoms with Gasteiger partial charge in [0.2, 0.25) is 5.88 Å². The lowest BCUT2D eigenvalue weighted by Gasteiger charge is -2.25. The summed E-state index contributed by atoms with van der Waals surface area (Å²) < 4.78 is 10.4. The number of hydrogen-bond donors (Lipinski definition) is 2. The lowest BCUT2D eigenvalue weighted by atomic mass is 10.1. The number of urea groups is 1. The highest BCUT2D eigenvalue weighted by atomic mass is 16.5. The summed E-state index contributed by atoms with van der Waals surface area (Å²) in [5.74, 6) is 1.16. The van der Waals surface area contributed by atoms with E-state index in [1.807, 2.05) is 43.3 Å². The summed E-state index contributed by atoms with van der Waals surface area (Å²) in [6, 6.07) is 11.0. The van der Waals surface area contributed by atoms with E-state index < -0.39 is 0 Å². The number of amides is 2. The fraction of sp³-hybridized carbons (Fsp3) is 0.333. The summed E-state index contributed by atoms with van der Waals surface area (Å²) in [5.41, 5.74) is 1.58. The van der Waals surface area contributed by atoms with Gasteiger partial charge in [0.15, 0.2) is 0 Å². The van der Waals surface area contributed by atoms with E-state index in [9.17, 15) is 4.79 Å². The predicted molar refractivity (Wildman–Crippen MR) is 97.2 cm³/mol. The summed E-state index contributed by atoms with van der Waals surface area (Å²) in [4.78, 5) is 18.3. The minimum atomic E-state index is -0.318. The van der Waals surface area contributed by atoms with E-state index in [1.54, 1.807) is 25.4 Å². The number of anilines is 1. The van der Waals surface area contributed by atoms with Gasteiger partial charge in [-0.1, -0.05) is 12.1 Å². The summed E-state index contributed by atoms with van der Waals surface area (Å²) in [5, 5.41) is 5.63. The number of carbonyl (C=O) groups excluding carboxylic acids is 1. The standard InChI is InChI=1S/C18H24N4O3/c1-22(2)16(13-7-5-8-14(11-13)24-3)12-20-18(23)21-15-9-6-10-19-17(15)25-4/h5-11,16H,12H2,1-4H3,(H2,20,21,23). The zero-order valence-electron chi connectivity index (χ0n) is 14.9. The van der Waals surface area contributed by atoms with Gasteiger partial charge >= 0.3 is 6.03 Å². The minimum absolute atomic E-state index is 0.0108. The maximum atomic E-state index is 12.2. The average Bonchev–Trinajstić information content (AvgIpc) is 2.62. The van der Waals surface area contributed by atoms with Crippen molar-refractivity contribution >= 4 is 11.7 Å². The number of methoxy groups -OCH3 is 2. The highest BCUT2D eigenvalue weighted by molar-refractivity contribution is 5.90. The molecule has 0 aliphatic carbocycles. The Kier molecular flexibility index (Phi) is 6.59. The average molecular weight is 344 g/mol. The Bertz CT molecular complexity index is 706. The van der Waals surface area contributed by atoms with Crippen LogP contribution in [0.2, 0.25) is 0 Å². The van der Waals surface area contributed by atoms with E-state index in [2.05, 4.69) is 15.6 Å². The van der Waals surface area contributed by atoms with Gasteiger partial charge in [-0.25, -0.2) is 9.78 Å². The van der Waals surface area contributed by atoms with Gasteiger partial charge in [0.1, 0.15) is 11.4 Å². The molecule has 2 aromatic rings. The first kappa shape index (κ1) is 18.5. The van der Waals surface area contributed by atoms with Gasteiger partial charge in [0.05, 0.1) is 20.3 Å². The number of pyridine rings is 1. The normalized spacial score (nSPS) is 11.7. The first-order chi connectivity index (χ1) is 12.0. The summed E-state index contributed by atoms with van der Waals surface area (Å²) in [7, 11) is 7.08. The zero-order chi connectivity index (χ0) is 18.2. The van der Waals surface area contributed by atoms with Crippen LogP contribution in [0.25, 0.3) is 0 Å². The molecule has 1 aromatic carbocycles. The number of likely N-dealkylation sites (N-methyl/N-ethyl adjacent to an activating group) is 1. The van der Waals surface area contributed by atoms with Crippen LogP contribution in [0.15, 0.2) is 42.6 Å². The van der Waals surface area contributed by atoms with Crippen molar-refractivity contribution in [2.24, 2.45) is 0 Å². The highest BCUT2D eigenvalue weighted by Gasteiger charge is 2.16. The Labute approximate surface area is 148 Å². The molecule has 0 bridgehead atoms. The minimum Gasteiger partial charge on any atom is -0.497 e. The molecule has 134 valence electrons. The van der Waals surface area contributed by atoms with Crippen LogP contribution >= 0.6 is 0 Å². The van der Waals surface area contributed by atoms with E-state index in [-0.39, 0.29) is 12.1 Å². The molecule has 7 nitrogen and oxygen atoms in total. The SMILES string of the molecule is COc1cccc(C(CNC(=O)Nc2cccnc2OC)N(C)C)c1. The molecule has 7 heteroatoms. The Morgan fingerprint density at radius 3 is 2.68 bits per heavy atom. The monoisotopic (exact) mass is 344 g/mol. The molecule has 2 amide bonds. The van der Waals surface area contributed by atoms with Crippen molar-refractivity contribution in [3.63, 3.8) is 0 Å². The van der Waals surface area contributed by atoms with Gasteiger partial charge in [-0.05, 0) is 43.9 Å². The van der Waals surface area contributed by atoms with E-state index >= 15 is 0 Å². The molecule has 25 heavy (non-hydrogen) atoms. The number of rotatable bonds is 7. The van der Waals surface area contributed by atoms with Crippen molar-refractivity contribution < 1.29 is 14.3 Å². The van der Waals surface area contributed by atoms with E-state index in [1.165, 1.54) is 7.11 Å². The maximum Gasteiger partial charge on any atom is 0.319 e. The Hall–Kier alpha value is -2.80. The number of ether oxygens (including phenoxy) is 2. The fourth-order valence-corrected chi connectivity index (χ4v) is 2.45. The number of nitrogens with zero attached hydrogens (tertiary/aromatic N) is 2. The topological polar surface area (TPSA) is 75.7 Å². The van der Waals surface area contributed by atoms with E-state index in [4.69, 9.17) is 9.47 Å². The Morgan fingerprint density at radius 1 is 1.20 bits per heavy atom. The molecule has 0 saturated carbocycles. The number of carbonyl (C=O) groups is 1. The quantitative estimate of drug-likeness (QED) is 0.807. The third-order valence-corrected chi connectivity index (χ3v) is 3.77. The van der Waals surface area contributed by atoms with Crippen molar-refractivity contribution in [3.05, 3.63) is 48.2 Å². The van der Waals surface area contributed by atoms with Gasteiger partial charge in [-0.2, -0.15) is 0 Å². The van der Waals surface area contributed by atoms with E-state index in [0.717, 1.165) is 11.3 Å². The Balaban J connectivity index is 2.02. The van der Waals surface area contributed by atoms with Crippen molar-refractivity contribution in [3.8, 4) is 11.6 Å². The van der Waals surface area contributed by atoms with Crippen LogP contribution in [0.3, 0.4) is 0 Å². The summed E-state index contributed by atoms with van der Waals surface area (Å²) in [6.45, 7) is 0.439. The van der Waals surface area contributed by atoms with Crippen LogP contribution in [0.5, 0.6) is 11.6 Å². The zero-order valence-corrected chi connectivity index (χ0v) is 14.9. The fourth-order valence-electron chi connectivity index (χ4n) is 2.45. The lowest BCUT2D eigenvalue weighted by Crippen LogP contribution is -2.37. The Morgan fingerprint density at radius 2 is 2.00 bits per heavy atom. The molecule has 2 N–H and O–H groups in total. The van der Waals surface area contributed by atoms with Crippen LogP contribution in [-0.4, -0.2) is 50.8 Å². The van der Waals surface area contributed by atoms with Gasteiger partial charge in [-0.15, -0.1) is 0 Å². The first-order valence-electron chi connectivity index (χ1n) is 7.89. The molecule has 0 saturated heterocycles. The lowest BCUT2D eigenvalue weighted by molar-refractivity contribution is 0.243. The number of aromatic nitrogens is 1. The molecule has 1 heterocycles. The molecular weight excluding hydrogens is 320 g/mol. The largest absolute Gasteiger partial charge is 0.497 e. The van der Waals surface area contributed by atoms with Crippen molar-refractivity contribution in [1.82, 2.24) is 15.2 Å². The van der Waals surface area contributed by atoms with Gasteiger partial charge in [0, 0.05) is 12.7 Å². The molecule has 2 rings (SSSR count). The molecule has 1 aromatic heterocycles. The second-order valence-corrected chi connectivity index (χ2v) is 5.65. The first-order valence-corrected chi connectivity index (χ1v) is 7.89. The molecule has 0 fully saturated rings. The third kappa shape index (κ3) is 5.09. The second kappa shape index (κ2) is 8.89.